The van der Waals surface area contributed by atoms with E-state index in [4.69, 9.17) is 0 Å². The molecule has 1 saturated heterocycles. The van der Waals surface area contributed by atoms with Crippen molar-refractivity contribution in [3.05, 3.63) is 12.4 Å². The van der Waals surface area contributed by atoms with Gasteiger partial charge in [0.15, 0.2) is 11.6 Å². The molecular weight excluding hydrogens is 290 g/mol. The number of hydrogen-bond donors (Lipinski definition) is 1. The molecule has 3 rings (SSSR count). The topological polar surface area (TPSA) is 61.4 Å². The fourth-order valence-electron chi connectivity index (χ4n) is 3.63. The Kier molecular flexibility index (Phi) is 4.98. The van der Waals surface area contributed by atoms with Crippen molar-refractivity contribution in [3.8, 4) is 0 Å². The number of carbonyl (C=O) groups is 1. The van der Waals surface area contributed by atoms with Gasteiger partial charge in [-0.2, -0.15) is 0 Å². The highest BCUT2D eigenvalue weighted by Crippen LogP contribution is 2.28. The highest BCUT2D eigenvalue weighted by molar-refractivity contribution is 5.79. The summed E-state index contributed by atoms with van der Waals surface area (Å²) in [6.45, 7) is 1.70. The monoisotopic (exact) mass is 317 g/mol. The van der Waals surface area contributed by atoms with Gasteiger partial charge in [0.1, 0.15) is 0 Å². The first-order valence-electron chi connectivity index (χ1n) is 8.69. The largest absolute Gasteiger partial charge is 0.364 e. The number of anilines is 2. The lowest BCUT2D eigenvalue weighted by Crippen LogP contribution is -2.44. The summed E-state index contributed by atoms with van der Waals surface area (Å²) in [5.74, 6) is 2.37. The molecule has 1 aromatic rings. The number of piperidine rings is 1. The Hall–Kier alpha value is -1.85. The lowest BCUT2D eigenvalue weighted by Gasteiger charge is -2.34. The quantitative estimate of drug-likeness (QED) is 0.922. The Morgan fingerprint density at radius 1 is 1.13 bits per heavy atom. The van der Waals surface area contributed by atoms with Crippen molar-refractivity contribution < 1.29 is 4.79 Å². The van der Waals surface area contributed by atoms with E-state index in [1.165, 1.54) is 12.8 Å². The van der Waals surface area contributed by atoms with E-state index in [0.717, 1.165) is 50.4 Å². The normalized spacial score (nSPS) is 19.8. The third-order valence-corrected chi connectivity index (χ3v) is 4.95. The molecule has 0 atom stereocenters. The highest BCUT2D eigenvalue weighted by atomic mass is 16.2. The first-order chi connectivity index (χ1) is 11.1. The molecule has 2 heterocycles. The predicted molar refractivity (Wildman–Crippen MR) is 91.5 cm³/mol. The van der Waals surface area contributed by atoms with Crippen molar-refractivity contribution in [1.29, 1.82) is 0 Å². The van der Waals surface area contributed by atoms with Crippen molar-refractivity contribution in [1.82, 2.24) is 14.9 Å². The number of amides is 1. The van der Waals surface area contributed by atoms with E-state index in [1.54, 1.807) is 12.4 Å². The number of aromatic nitrogens is 2. The molecule has 6 heteroatoms. The Morgan fingerprint density at radius 3 is 2.43 bits per heavy atom. The van der Waals surface area contributed by atoms with E-state index in [9.17, 15) is 4.79 Å². The number of rotatable bonds is 4. The maximum Gasteiger partial charge on any atom is 0.225 e. The molecule has 1 saturated carbocycles. The molecule has 1 aliphatic heterocycles. The van der Waals surface area contributed by atoms with Crippen LogP contribution in [-0.4, -0.2) is 54.0 Å². The number of carbonyl (C=O) groups excluding carboxylic acids is 1. The Morgan fingerprint density at radius 2 is 1.78 bits per heavy atom. The molecule has 1 N–H and O–H groups in total. The lowest BCUT2D eigenvalue weighted by molar-refractivity contribution is -0.136. The number of likely N-dealkylation sites (tertiary alicyclic amines) is 1. The summed E-state index contributed by atoms with van der Waals surface area (Å²) < 4.78 is 0. The molecule has 0 aromatic carbocycles. The fourth-order valence-corrected chi connectivity index (χ4v) is 3.63. The molecule has 23 heavy (non-hydrogen) atoms. The van der Waals surface area contributed by atoms with Gasteiger partial charge in [0, 0.05) is 51.5 Å². The van der Waals surface area contributed by atoms with Crippen molar-refractivity contribution in [2.24, 2.45) is 5.92 Å². The van der Waals surface area contributed by atoms with Crippen LogP contribution in [0, 0.1) is 5.92 Å². The van der Waals surface area contributed by atoms with E-state index < -0.39 is 0 Å². The molecule has 0 spiro atoms. The van der Waals surface area contributed by atoms with Gasteiger partial charge < -0.3 is 15.1 Å². The van der Waals surface area contributed by atoms with Crippen LogP contribution >= 0.6 is 0 Å². The second kappa shape index (κ2) is 7.15. The first kappa shape index (κ1) is 16.0. The van der Waals surface area contributed by atoms with Crippen molar-refractivity contribution in [2.75, 3.05) is 37.4 Å². The molecule has 0 radical (unpaired) electrons. The summed E-state index contributed by atoms with van der Waals surface area (Å²) >= 11 is 0. The highest BCUT2D eigenvalue weighted by Gasteiger charge is 2.30. The number of nitrogens with zero attached hydrogens (tertiary/aromatic N) is 4. The number of hydrogen-bond acceptors (Lipinski definition) is 5. The summed E-state index contributed by atoms with van der Waals surface area (Å²) in [5, 5.41) is 3.51. The molecule has 0 bridgehead atoms. The Bertz CT molecular complexity index is 534. The zero-order valence-corrected chi connectivity index (χ0v) is 14.2. The molecule has 1 amide bonds. The molecule has 0 unspecified atom stereocenters. The minimum absolute atomic E-state index is 0.292. The van der Waals surface area contributed by atoms with Crippen LogP contribution in [0.5, 0.6) is 0 Å². The fraction of sp³-hybridized carbons (Fsp3) is 0.706. The van der Waals surface area contributed by atoms with Gasteiger partial charge in [-0.15, -0.1) is 0 Å². The van der Waals surface area contributed by atoms with Crippen molar-refractivity contribution in [2.45, 2.75) is 44.6 Å². The number of nitrogens with one attached hydrogen (secondary N) is 1. The third kappa shape index (κ3) is 3.74. The van der Waals surface area contributed by atoms with Crippen LogP contribution in [0.4, 0.5) is 11.6 Å². The van der Waals surface area contributed by atoms with Gasteiger partial charge in [0.2, 0.25) is 5.91 Å². The zero-order valence-electron chi connectivity index (χ0n) is 14.2. The zero-order chi connectivity index (χ0) is 16.2. The van der Waals surface area contributed by atoms with Crippen LogP contribution in [0.15, 0.2) is 12.4 Å². The average Bonchev–Trinajstić information content (AvgIpc) is 3.10. The molecule has 1 aromatic heterocycles. The van der Waals surface area contributed by atoms with Gasteiger partial charge in [-0.3, -0.25) is 4.79 Å². The Balaban J connectivity index is 1.54. The first-order valence-corrected chi connectivity index (χ1v) is 8.69. The van der Waals surface area contributed by atoms with E-state index in [0.29, 0.717) is 17.9 Å². The average molecular weight is 317 g/mol. The SMILES string of the molecule is CN(C)c1nccnc1NC1CCN(C(=O)C2CCCC2)CC1. The maximum atomic E-state index is 12.5. The summed E-state index contributed by atoms with van der Waals surface area (Å²) in [5.41, 5.74) is 0. The predicted octanol–water partition coefficient (Wildman–Crippen LogP) is 2.14. The van der Waals surface area contributed by atoms with Crippen LogP contribution in [0.1, 0.15) is 38.5 Å². The minimum atomic E-state index is 0.292. The van der Waals surface area contributed by atoms with E-state index >= 15 is 0 Å². The Labute approximate surface area is 138 Å². The van der Waals surface area contributed by atoms with Crippen LogP contribution in [0.25, 0.3) is 0 Å². The second-order valence-corrected chi connectivity index (χ2v) is 6.85. The summed E-state index contributed by atoms with van der Waals surface area (Å²) in [4.78, 5) is 25.3. The van der Waals surface area contributed by atoms with Crippen molar-refractivity contribution >= 4 is 17.5 Å². The molecule has 2 aliphatic rings. The van der Waals surface area contributed by atoms with Gasteiger partial charge in [-0.05, 0) is 25.7 Å². The summed E-state index contributed by atoms with van der Waals surface area (Å²) in [6, 6.07) is 0.359. The molecule has 6 nitrogen and oxygen atoms in total. The third-order valence-electron chi connectivity index (χ3n) is 4.95. The van der Waals surface area contributed by atoms with Gasteiger partial charge >= 0.3 is 0 Å². The van der Waals surface area contributed by atoms with Crippen molar-refractivity contribution in [3.63, 3.8) is 0 Å². The lowest BCUT2D eigenvalue weighted by atomic mass is 10.0. The van der Waals surface area contributed by atoms with Gasteiger partial charge in [0.25, 0.3) is 0 Å². The second-order valence-electron chi connectivity index (χ2n) is 6.85. The van der Waals surface area contributed by atoms with Crippen LogP contribution in [0.3, 0.4) is 0 Å². The summed E-state index contributed by atoms with van der Waals surface area (Å²) in [7, 11) is 3.94. The molecule has 2 fully saturated rings. The standard InChI is InChI=1S/C17H27N5O/c1-21(2)16-15(18-9-10-19-16)20-14-7-11-22(12-8-14)17(23)13-5-3-4-6-13/h9-10,13-14H,3-8,11-12H2,1-2H3,(H,18,20). The molecule has 1 aliphatic carbocycles. The smallest absolute Gasteiger partial charge is 0.225 e. The van der Waals surface area contributed by atoms with Gasteiger partial charge in [0.05, 0.1) is 0 Å². The van der Waals surface area contributed by atoms with Gasteiger partial charge in [-0.25, -0.2) is 9.97 Å². The van der Waals surface area contributed by atoms with Gasteiger partial charge in [-0.1, -0.05) is 12.8 Å². The van der Waals surface area contributed by atoms with E-state index in [-0.39, 0.29) is 0 Å². The van der Waals surface area contributed by atoms with Crippen LogP contribution in [0.2, 0.25) is 0 Å². The minimum Gasteiger partial charge on any atom is -0.364 e. The summed E-state index contributed by atoms with van der Waals surface area (Å²) in [6.07, 6.45) is 9.98. The maximum absolute atomic E-state index is 12.5. The molecule has 126 valence electrons. The van der Waals surface area contributed by atoms with E-state index in [2.05, 4.69) is 20.2 Å². The van der Waals surface area contributed by atoms with Crippen LogP contribution in [-0.2, 0) is 4.79 Å². The van der Waals surface area contributed by atoms with Crippen LogP contribution < -0.4 is 10.2 Å². The van der Waals surface area contributed by atoms with E-state index in [1.807, 2.05) is 19.0 Å². The molecular formula is C17H27N5O.